The molecule has 1 atom stereocenters. The van der Waals surface area contributed by atoms with Gasteiger partial charge in [-0.3, -0.25) is 10.1 Å². The number of carboxylic acid groups (broad SMARTS) is 1. The van der Waals surface area contributed by atoms with Crippen molar-refractivity contribution in [2.24, 2.45) is 0 Å². The average molecular weight is 215 g/mol. The molecule has 0 saturated carbocycles. The van der Waals surface area contributed by atoms with Crippen LogP contribution in [-0.2, 0) is 9.53 Å². The van der Waals surface area contributed by atoms with E-state index in [0.717, 1.165) is 19.3 Å². The highest BCUT2D eigenvalue weighted by molar-refractivity contribution is 5.73. The van der Waals surface area contributed by atoms with Crippen molar-refractivity contribution in [3.05, 3.63) is 12.7 Å². The van der Waals surface area contributed by atoms with Crippen molar-refractivity contribution < 1.29 is 14.6 Å². The molecule has 0 aromatic heterocycles. The Morgan fingerprint density at radius 3 is 2.87 bits per heavy atom. The van der Waals surface area contributed by atoms with E-state index in [9.17, 15) is 4.79 Å². The van der Waals surface area contributed by atoms with E-state index in [1.807, 2.05) is 0 Å². The quantitative estimate of drug-likeness (QED) is 0.427. The summed E-state index contributed by atoms with van der Waals surface area (Å²) in [5.74, 6) is -0.882. The molecule has 0 aliphatic carbocycles. The van der Waals surface area contributed by atoms with Gasteiger partial charge in [0.1, 0.15) is 6.04 Å². The van der Waals surface area contributed by atoms with Crippen LogP contribution in [0.4, 0.5) is 0 Å². The fourth-order valence-corrected chi connectivity index (χ4v) is 1.10. The van der Waals surface area contributed by atoms with E-state index < -0.39 is 12.0 Å². The summed E-state index contributed by atoms with van der Waals surface area (Å²) in [6, 6.07) is -0.635. The van der Waals surface area contributed by atoms with E-state index >= 15 is 0 Å². The minimum absolute atomic E-state index is 0.215. The van der Waals surface area contributed by atoms with Crippen LogP contribution in [0.5, 0.6) is 0 Å². The lowest BCUT2D eigenvalue weighted by atomic mass is 10.2. The highest BCUT2D eigenvalue weighted by Gasteiger charge is 2.15. The molecule has 0 spiro atoms. The number of ether oxygens (including phenoxy) is 1. The molecule has 0 aliphatic rings. The van der Waals surface area contributed by atoms with Gasteiger partial charge in [-0.15, -0.1) is 6.58 Å². The molecule has 0 aromatic carbocycles. The molecule has 0 heterocycles. The van der Waals surface area contributed by atoms with Crippen LogP contribution < -0.4 is 5.32 Å². The van der Waals surface area contributed by atoms with Gasteiger partial charge in [-0.25, -0.2) is 0 Å². The molecular weight excluding hydrogens is 194 g/mol. The van der Waals surface area contributed by atoms with Crippen LogP contribution in [0.25, 0.3) is 0 Å². The predicted octanol–water partition coefficient (Wildman–Crippen LogP) is 1.42. The first kappa shape index (κ1) is 14.1. The van der Waals surface area contributed by atoms with Crippen LogP contribution in [0.15, 0.2) is 12.7 Å². The fraction of sp³-hybridized carbons (Fsp3) is 0.727. The maximum atomic E-state index is 10.7. The standard InChI is InChI=1S/C11H21NO3/c1-3-5-6-8-15-9-10(11(13)14)12-7-4-2/h4,10,12H,2-3,5-9H2,1H3,(H,13,14)/t10-/m0/s1. The van der Waals surface area contributed by atoms with Gasteiger partial charge in [0.15, 0.2) is 0 Å². The molecule has 2 N–H and O–H groups in total. The van der Waals surface area contributed by atoms with Crippen molar-refractivity contribution in [1.29, 1.82) is 0 Å². The monoisotopic (exact) mass is 215 g/mol. The third-order valence-corrected chi connectivity index (χ3v) is 1.98. The Morgan fingerprint density at radius 1 is 1.60 bits per heavy atom. The molecule has 4 nitrogen and oxygen atoms in total. The Bertz CT molecular complexity index is 183. The molecule has 0 amide bonds. The third kappa shape index (κ3) is 8.15. The molecule has 0 aromatic rings. The summed E-state index contributed by atoms with van der Waals surface area (Å²) in [5, 5.41) is 11.6. The highest BCUT2D eigenvalue weighted by atomic mass is 16.5. The summed E-state index contributed by atoms with van der Waals surface area (Å²) in [6.45, 7) is 6.96. The fourth-order valence-electron chi connectivity index (χ4n) is 1.10. The van der Waals surface area contributed by atoms with Crippen LogP contribution in [0.3, 0.4) is 0 Å². The third-order valence-electron chi connectivity index (χ3n) is 1.98. The summed E-state index contributed by atoms with van der Waals surface area (Å²) in [6.07, 6.45) is 4.88. The van der Waals surface area contributed by atoms with Crippen LogP contribution >= 0.6 is 0 Å². The molecule has 0 fully saturated rings. The molecular formula is C11H21NO3. The number of carbonyl (C=O) groups is 1. The number of unbranched alkanes of at least 4 members (excludes halogenated alkanes) is 2. The van der Waals surface area contributed by atoms with Crippen LogP contribution in [-0.4, -0.2) is 36.9 Å². The van der Waals surface area contributed by atoms with Gasteiger partial charge in [0.05, 0.1) is 6.61 Å². The van der Waals surface area contributed by atoms with Gasteiger partial charge in [-0.1, -0.05) is 25.8 Å². The second-order valence-electron chi connectivity index (χ2n) is 3.37. The van der Waals surface area contributed by atoms with E-state index in [4.69, 9.17) is 9.84 Å². The lowest BCUT2D eigenvalue weighted by Crippen LogP contribution is -2.40. The molecule has 15 heavy (non-hydrogen) atoms. The minimum atomic E-state index is -0.882. The molecule has 0 saturated heterocycles. The first-order valence-corrected chi connectivity index (χ1v) is 5.37. The smallest absolute Gasteiger partial charge is 0.323 e. The summed E-state index contributed by atoms with van der Waals surface area (Å²) in [5.41, 5.74) is 0. The van der Waals surface area contributed by atoms with Crippen molar-refractivity contribution in [2.45, 2.75) is 32.2 Å². The Balaban J connectivity index is 3.57. The molecule has 0 rings (SSSR count). The van der Waals surface area contributed by atoms with Crippen molar-refractivity contribution >= 4 is 5.97 Å². The van der Waals surface area contributed by atoms with Gasteiger partial charge in [-0.2, -0.15) is 0 Å². The number of rotatable bonds is 10. The van der Waals surface area contributed by atoms with Crippen LogP contribution in [0.2, 0.25) is 0 Å². The molecule has 0 bridgehead atoms. The summed E-state index contributed by atoms with van der Waals surface area (Å²) in [4.78, 5) is 10.7. The van der Waals surface area contributed by atoms with E-state index in [2.05, 4.69) is 18.8 Å². The van der Waals surface area contributed by atoms with Crippen molar-refractivity contribution in [2.75, 3.05) is 19.8 Å². The Labute approximate surface area is 91.3 Å². The minimum Gasteiger partial charge on any atom is -0.480 e. The number of carboxylic acids is 1. The maximum Gasteiger partial charge on any atom is 0.323 e. The molecule has 88 valence electrons. The SMILES string of the molecule is C=CCN[C@@H](COCCCCC)C(=O)O. The molecule has 0 unspecified atom stereocenters. The van der Waals surface area contributed by atoms with Crippen LogP contribution in [0, 0.1) is 0 Å². The first-order chi connectivity index (χ1) is 7.22. The summed E-state index contributed by atoms with van der Waals surface area (Å²) < 4.78 is 5.28. The van der Waals surface area contributed by atoms with E-state index in [-0.39, 0.29) is 6.61 Å². The van der Waals surface area contributed by atoms with Gasteiger partial charge in [-0.05, 0) is 6.42 Å². The van der Waals surface area contributed by atoms with Gasteiger partial charge in [0.25, 0.3) is 0 Å². The lowest BCUT2D eigenvalue weighted by molar-refractivity contribution is -0.141. The van der Waals surface area contributed by atoms with E-state index in [0.29, 0.717) is 13.2 Å². The molecule has 0 aliphatic heterocycles. The second-order valence-corrected chi connectivity index (χ2v) is 3.37. The number of hydrogen-bond acceptors (Lipinski definition) is 3. The topological polar surface area (TPSA) is 58.6 Å². The first-order valence-electron chi connectivity index (χ1n) is 5.37. The van der Waals surface area contributed by atoms with Gasteiger partial charge < -0.3 is 9.84 Å². The highest BCUT2D eigenvalue weighted by Crippen LogP contribution is 1.95. The zero-order chi connectivity index (χ0) is 11.5. The zero-order valence-corrected chi connectivity index (χ0v) is 9.37. The number of aliphatic carboxylic acids is 1. The van der Waals surface area contributed by atoms with Gasteiger partial charge in [0, 0.05) is 13.2 Å². The Kier molecular flexibility index (Phi) is 9.11. The molecule has 0 radical (unpaired) electrons. The average Bonchev–Trinajstić information content (AvgIpc) is 2.21. The summed E-state index contributed by atoms with van der Waals surface area (Å²) >= 11 is 0. The van der Waals surface area contributed by atoms with E-state index in [1.165, 1.54) is 0 Å². The van der Waals surface area contributed by atoms with Crippen molar-refractivity contribution in [1.82, 2.24) is 5.32 Å². The predicted molar refractivity (Wildman–Crippen MR) is 60.0 cm³/mol. The lowest BCUT2D eigenvalue weighted by Gasteiger charge is -2.13. The zero-order valence-electron chi connectivity index (χ0n) is 9.37. The van der Waals surface area contributed by atoms with Gasteiger partial charge in [0.2, 0.25) is 0 Å². The second kappa shape index (κ2) is 9.68. The normalized spacial score (nSPS) is 12.3. The number of nitrogens with one attached hydrogen (secondary N) is 1. The van der Waals surface area contributed by atoms with Crippen molar-refractivity contribution in [3.8, 4) is 0 Å². The van der Waals surface area contributed by atoms with Crippen molar-refractivity contribution in [3.63, 3.8) is 0 Å². The van der Waals surface area contributed by atoms with Gasteiger partial charge >= 0.3 is 5.97 Å². The molecule has 4 heteroatoms. The van der Waals surface area contributed by atoms with Crippen LogP contribution in [0.1, 0.15) is 26.2 Å². The Hall–Kier alpha value is -0.870. The Morgan fingerprint density at radius 2 is 2.33 bits per heavy atom. The maximum absolute atomic E-state index is 10.7. The van der Waals surface area contributed by atoms with E-state index in [1.54, 1.807) is 6.08 Å². The number of hydrogen-bond donors (Lipinski definition) is 2. The largest absolute Gasteiger partial charge is 0.480 e. The summed E-state index contributed by atoms with van der Waals surface area (Å²) in [7, 11) is 0.